The van der Waals surface area contributed by atoms with Crippen LogP contribution in [0.3, 0.4) is 0 Å². The summed E-state index contributed by atoms with van der Waals surface area (Å²) in [6, 6.07) is 3.90. The summed E-state index contributed by atoms with van der Waals surface area (Å²) >= 11 is 0. The minimum atomic E-state index is -0.789. The Morgan fingerprint density at radius 2 is 2.00 bits per heavy atom. The van der Waals surface area contributed by atoms with Crippen LogP contribution in [0.15, 0.2) is 18.2 Å². The monoisotopic (exact) mass is 283 g/mol. The van der Waals surface area contributed by atoms with Crippen molar-refractivity contribution < 1.29 is 19.0 Å². The fourth-order valence-corrected chi connectivity index (χ4v) is 1.58. The molecule has 0 aliphatic rings. The highest BCUT2D eigenvalue weighted by atomic mass is 19.1. The van der Waals surface area contributed by atoms with Crippen molar-refractivity contribution >= 4 is 5.91 Å². The molecule has 1 amide bonds. The number of benzene rings is 1. The lowest BCUT2D eigenvalue weighted by molar-refractivity contribution is -0.124. The zero-order valence-electron chi connectivity index (χ0n) is 12.3. The fourth-order valence-electron chi connectivity index (χ4n) is 1.58. The molecule has 0 bridgehead atoms. The highest BCUT2D eigenvalue weighted by molar-refractivity contribution is 5.77. The molecule has 2 atom stereocenters. The van der Waals surface area contributed by atoms with Gasteiger partial charge in [-0.2, -0.15) is 0 Å². The van der Waals surface area contributed by atoms with E-state index >= 15 is 0 Å². The van der Waals surface area contributed by atoms with Crippen LogP contribution in [-0.2, 0) is 4.79 Å². The molecule has 4 nitrogen and oxygen atoms in total. The quantitative estimate of drug-likeness (QED) is 0.843. The maximum Gasteiger partial charge on any atom is 0.258 e. The standard InChI is InChI=1S/C15H22FNO3/c1-9(2)10(3)17-15(19)8-20-14-7-12(16)5-6-13(14)11(4)18/h5-7,9-11,18H,8H2,1-4H3,(H,17,19)/t10?,11-/m0/s1. The summed E-state index contributed by atoms with van der Waals surface area (Å²) in [4.78, 5) is 11.7. The van der Waals surface area contributed by atoms with Crippen molar-refractivity contribution in [1.82, 2.24) is 5.32 Å². The number of aliphatic hydroxyl groups is 1. The maximum atomic E-state index is 13.2. The second-order valence-electron chi connectivity index (χ2n) is 5.25. The van der Waals surface area contributed by atoms with Gasteiger partial charge >= 0.3 is 0 Å². The Bertz CT molecular complexity index is 460. The second kappa shape index (κ2) is 7.24. The average molecular weight is 283 g/mol. The predicted octanol–water partition coefficient (Wildman–Crippen LogP) is 2.42. The minimum absolute atomic E-state index is 0.0369. The van der Waals surface area contributed by atoms with Gasteiger partial charge in [-0.1, -0.05) is 13.8 Å². The molecular weight excluding hydrogens is 261 g/mol. The Balaban J connectivity index is 2.65. The normalized spacial score (nSPS) is 13.9. The Labute approximate surface area is 119 Å². The SMILES string of the molecule is CC(C)C(C)NC(=O)COc1cc(F)ccc1[C@H](C)O. The molecular formula is C15H22FNO3. The van der Waals surface area contributed by atoms with Gasteiger partial charge in [0, 0.05) is 17.7 Å². The lowest BCUT2D eigenvalue weighted by Crippen LogP contribution is -2.39. The molecule has 0 aliphatic carbocycles. The Morgan fingerprint density at radius 1 is 1.35 bits per heavy atom. The summed E-state index contributed by atoms with van der Waals surface area (Å²) in [6.45, 7) is 7.26. The lowest BCUT2D eigenvalue weighted by atomic mass is 10.1. The first-order valence-electron chi connectivity index (χ1n) is 6.71. The van der Waals surface area contributed by atoms with Crippen molar-refractivity contribution in [2.75, 3.05) is 6.61 Å². The van der Waals surface area contributed by atoms with Crippen LogP contribution in [0.1, 0.15) is 39.4 Å². The van der Waals surface area contributed by atoms with Crippen molar-refractivity contribution in [3.05, 3.63) is 29.6 Å². The van der Waals surface area contributed by atoms with Crippen LogP contribution in [0, 0.1) is 11.7 Å². The van der Waals surface area contributed by atoms with Gasteiger partial charge in [-0.15, -0.1) is 0 Å². The molecule has 112 valence electrons. The van der Waals surface area contributed by atoms with Crippen LogP contribution in [0.5, 0.6) is 5.75 Å². The van der Waals surface area contributed by atoms with Crippen molar-refractivity contribution in [1.29, 1.82) is 0 Å². The van der Waals surface area contributed by atoms with Crippen LogP contribution >= 0.6 is 0 Å². The van der Waals surface area contributed by atoms with E-state index in [2.05, 4.69) is 5.32 Å². The molecule has 0 saturated heterocycles. The summed E-state index contributed by atoms with van der Waals surface area (Å²) < 4.78 is 18.5. The third-order valence-electron chi connectivity index (χ3n) is 3.17. The highest BCUT2D eigenvalue weighted by Crippen LogP contribution is 2.25. The fraction of sp³-hybridized carbons (Fsp3) is 0.533. The van der Waals surface area contributed by atoms with E-state index in [-0.39, 0.29) is 24.3 Å². The Morgan fingerprint density at radius 3 is 2.55 bits per heavy atom. The van der Waals surface area contributed by atoms with Gasteiger partial charge in [0.05, 0.1) is 6.10 Å². The topological polar surface area (TPSA) is 58.6 Å². The Kier molecular flexibility index (Phi) is 5.95. The number of halogens is 1. The first kappa shape index (κ1) is 16.4. The van der Waals surface area contributed by atoms with Gasteiger partial charge < -0.3 is 15.2 Å². The first-order valence-corrected chi connectivity index (χ1v) is 6.71. The number of ether oxygens (including phenoxy) is 1. The number of carbonyl (C=O) groups is 1. The molecule has 5 heteroatoms. The van der Waals surface area contributed by atoms with Gasteiger partial charge in [0.25, 0.3) is 5.91 Å². The molecule has 0 spiro atoms. The van der Waals surface area contributed by atoms with Crippen molar-refractivity contribution in [2.45, 2.75) is 39.8 Å². The van der Waals surface area contributed by atoms with Gasteiger partial charge in [-0.3, -0.25) is 4.79 Å². The number of amides is 1. The molecule has 1 aromatic rings. The van der Waals surface area contributed by atoms with Gasteiger partial charge in [0.15, 0.2) is 6.61 Å². The number of hydrogen-bond acceptors (Lipinski definition) is 3. The molecule has 2 N–H and O–H groups in total. The molecule has 0 radical (unpaired) electrons. The number of rotatable bonds is 6. The van der Waals surface area contributed by atoms with Crippen LogP contribution in [0.2, 0.25) is 0 Å². The third-order valence-corrected chi connectivity index (χ3v) is 3.17. The van der Waals surface area contributed by atoms with Crippen LogP contribution in [0.4, 0.5) is 4.39 Å². The molecule has 0 fully saturated rings. The van der Waals surface area contributed by atoms with E-state index in [0.29, 0.717) is 11.5 Å². The lowest BCUT2D eigenvalue weighted by Gasteiger charge is -2.18. The smallest absolute Gasteiger partial charge is 0.258 e. The molecule has 1 rings (SSSR count). The summed E-state index contributed by atoms with van der Waals surface area (Å²) in [5.41, 5.74) is 0.455. The van der Waals surface area contributed by atoms with Crippen LogP contribution in [-0.4, -0.2) is 23.7 Å². The molecule has 0 heterocycles. The van der Waals surface area contributed by atoms with Gasteiger partial charge in [0.2, 0.25) is 0 Å². The Hall–Kier alpha value is -1.62. The number of nitrogens with one attached hydrogen (secondary N) is 1. The summed E-state index contributed by atoms with van der Waals surface area (Å²) in [7, 11) is 0. The first-order chi connectivity index (χ1) is 9.31. The van der Waals surface area contributed by atoms with E-state index in [4.69, 9.17) is 4.74 Å². The molecule has 0 saturated carbocycles. The average Bonchev–Trinajstić information content (AvgIpc) is 2.35. The number of aliphatic hydroxyl groups excluding tert-OH is 1. The maximum absolute atomic E-state index is 13.2. The van der Waals surface area contributed by atoms with Gasteiger partial charge in [0.1, 0.15) is 11.6 Å². The molecule has 20 heavy (non-hydrogen) atoms. The number of hydrogen-bond donors (Lipinski definition) is 2. The van der Waals surface area contributed by atoms with E-state index < -0.39 is 11.9 Å². The predicted molar refractivity (Wildman–Crippen MR) is 75.0 cm³/mol. The van der Waals surface area contributed by atoms with E-state index in [9.17, 15) is 14.3 Å². The third kappa shape index (κ3) is 4.81. The van der Waals surface area contributed by atoms with Gasteiger partial charge in [-0.05, 0) is 31.9 Å². The summed E-state index contributed by atoms with van der Waals surface area (Å²) in [6.07, 6.45) is -0.789. The zero-order valence-corrected chi connectivity index (χ0v) is 12.3. The second-order valence-corrected chi connectivity index (χ2v) is 5.25. The van der Waals surface area contributed by atoms with E-state index in [1.807, 2.05) is 20.8 Å². The largest absolute Gasteiger partial charge is 0.483 e. The molecule has 0 aliphatic heterocycles. The van der Waals surface area contributed by atoms with Crippen molar-refractivity contribution in [2.24, 2.45) is 5.92 Å². The van der Waals surface area contributed by atoms with Gasteiger partial charge in [-0.25, -0.2) is 4.39 Å². The number of carbonyl (C=O) groups excluding carboxylic acids is 1. The zero-order chi connectivity index (χ0) is 15.3. The van der Waals surface area contributed by atoms with Crippen LogP contribution in [0.25, 0.3) is 0 Å². The highest BCUT2D eigenvalue weighted by Gasteiger charge is 2.14. The van der Waals surface area contributed by atoms with E-state index in [1.54, 1.807) is 6.92 Å². The molecule has 1 unspecified atom stereocenters. The minimum Gasteiger partial charge on any atom is -0.483 e. The molecule has 1 aromatic carbocycles. The summed E-state index contributed by atoms with van der Waals surface area (Å²) in [5.74, 6) is -0.235. The van der Waals surface area contributed by atoms with Crippen molar-refractivity contribution in [3.8, 4) is 5.75 Å². The molecule has 0 aromatic heterocycles. The summed E-state index contributed by atoms with van der Waals surface area (Å²) in [5, 5.41) is 12.4. The van der Waals surface area contributed by atoms with Crippen molar-refractivity contribution in [3.63, 3.8) is 0 Å². The van der Waals surface area contributed by atoms with E-state index in [1.165, 1.54) is 18.2 Å². The van der Waals surface area contributed by atoms with Crippen LogP contribution < -0.4 is 10.1 Å². The van der Waals surface area contributed by atoms with E-state index in [0.717, 1.165) is 0 Å².